The Morgan fingerprint density at radius 2 is 1.58 bits per heavy atom. The minimum absolute atomic E-state index is 0.183. The van der Waals surface area contributed by atoms with E-state index in [4.69, 9.17) is 0 Å². The highest BCUT2D eigenvalue weighted by molar-refractivity contribution is 5.64. The molecule has 1 saturated heterocycles. The summed E-state index contributed by atoms with van der Waals surface area (Å²) in [4.78, 5) is 9.18. The van der Waals surface area contributed by atoms with Gasteiger partial charge in [0.2, 0.25) is 0 Å². The Bertz CT molecular complexity index is 861. The van der Waals surface area contributed by atoms with Crippen molar-refractivity contribution in [2.75, 3.05) is 36.0 Å². The molecule has 3 heterocycles. The molecule has 0 saturated carbocycles. The number of pyridine rings is 1. The van der Waals surface area contributed by atoms with E-state index in [2.05, 4.69) is 39.2 Å². The molecule has 1 aliphatic rings. The summed E-state index contributed by atoms with van der Waals surface area (Å²) in [7, 11) is 0. The molecule has 0 atom stereocenters. The number of rotatable bonds is 2. The zero-order chi connectivity index (χ0) is 16.7. The lowest BCUT2D eigenvalue weighted by Crippen LogP contribution is -2.46. The number of imidazole rings is 1. The number of hydrogen-bond acceptors (Lipinski definition) is 3. The van der Waals surface area contributed by atoms with E-state index in [0.29, 0.717) is 0 Å². The largest absolute Gasteiger partial charge is 0.368 e. The van der Waals surface area contributed by atoms with E-state index in [1.165, 1.54) is 28.9 Å². The molecule has 0 unspecified atom stereocenters. The lowest BCUT2D eigenvalue weighted by molar-refractivity contribution is 0.624. The summed E-state index contributed by atoms with van der Waals surface area (Å²) in [5.41, 5.74) is 5.93. The maximum absolute atomic E-state index is 13.1. The summed E-state index contributed by atoms with van der Waals surface area (Å²) < 4.78 is 15.2. The van der Waals surface area contributed by atoms with Crippen LogP contribution in [0.25, 0.3) is 5.65 Å². The van der Waals surface area contributed by atoms with E-state index in [9.17, 15) is 4.39 Å². The standard InChI is InChI=1S/C19H21FN4/c1-14-15(2)19-21-7-8-24(19)13-18(14)23-11-9-22(10-12-23)17-5-3-16(20)4-6-17/h3-8,13H,9-12H2,1-2H3. The predicted octanol–water partition coefficient (Wildman–Crippen LogP) is 3.42. The van der Waals surface area contributed by atoms with Crippen LogP contribution >= 0.6 is 0 Å². The van der Waals surface area contributed by atoms with Crippen LogP contribution in [-0.4, -0.2) is 35.6 Å². The van der Waals surface area contributed by atoms with Crippen LogP contribution in [0.2, 0.25) is 0 Å². The monoisotopic (exact) mass is 324 g/mol. The van der Waals surface area contributed by atoms with E-state index < -0.39 is 0 Å². The molecule has 1 aliphatic heterocycles. The molecule has 24 heavy (non-hydrogen) atoms. The Kier molecular flexibility index (Phi) is 3.63. The molecular formula is C19H21FN4. The Hall–Kier alpha value is -2.56. The number of anilines is 2. The van der Waals surface area contributed by atoms with Crippen LogP contribution in [0.15, 0.2) is 42.9 Å². The molecule has 0 aliphatic carbocycles. The van der Waals surface area contributed by atoms with Crippen LogP contribution in [0.1, 0.15) is 11.1 Å². The maximum Gasteiger partial charge on any atom is 0.139 e. The van der Waals surface area contributed by atoms with Gasteiger partial charge in [-0.15, -0.1) is 0 Å². The van der Waals surface area contributed by atoms with Gasteiger partial charge in [-0.05, 0) is 49.2 Å². The number of nitrogens with zero attached hydrogens (tertiary/aromatic N) is 4. The summed E-state index contributed by atoms with van der Waals surface area (Å²) in [6.45, 7) is 8.09. The Morgan fingerprint density at radius 1 is 0.917 bits per heavy atom. The Labute approximate surface area is 141 Å². The van der Waals surface area contributed by atoms with Gasteiger partial charge >= 0.3 is 0 Å². The van der Waals surface area contributed by atoms with Crippen molar-refractivity contribution in [1.29, 1.82) is 0 Å². The first-order valence-corrected chi connectivity index (χ1v) is 8.32. The molecule has 5 heteroatoms. The number of halogens is 1. The summed E-state index contributed by atoms with van der Waals surface area (Å²) in [5.74, 6) is -0.183. The SMILES string of the molecule is Cc1c(N2CCN(c3ccc(F)cc3)CC2)cn2ccnc2c1C. The van der Waals surface area contributed by atoms with Crippen molar-refractivity contribution in [3.63, 3.8) is 0 Å². The highest BCUT2D eigenvalue weighted by Crippen LogP contribution is 2.27. The molecule has 2 aromatic heterocycles. The molecule has 0 bridgehead atoms. The van der Waals surface area contributed by atoms with Gasteiger partial charge in [-0.25, -0.2) is 9.37 Å². The fourth-order valence-corrected chi connectivity index (χ4v) is 3.47. The summed E-state index contributed by atoms with van der Waals surface area (Å²) >= 11 is 0. The maximum atomic E-state index is 13.1. The molecule has 4 rings (SSSR count). The molecule has 3 aromatic rings. The Morgan fingerprint density at radius 3 is 2.29 bits per heavy atom. The minimum Gasteiger partial charge on any atom is -0.368 e. The van der Waals surface area contributed by atoms with Crippen molar-refractivity contribution in [3.8, 4) is 0 Å². The van der Waals surface area contributed by atoms with Crippen LogP contribution in [0.4, 0.5) is 15.8 Å². The first kappa shape index (κ1) is 15.0. The van der Waals surface area contributed by atoms with Crippen molar-refractivity contribution in [1.82, 2.24) is 9.38 Å². The molecule has 0 amide bonds. The van der Waals surface area contributed by atoms with Crippen LogP contribution in [0.5, 0.6) is 0 Å². The van der Waals surface area contributed by atoms with Gasteiger partial charge in [0.15, 0.2) is 0 Å². The average molecular weight is 324 g/mol. The normalized spacial score (nSPS) is 15.3. The van der Waals surface area contributed by atoms with Gasteiger partial charge < -0.3 is 14.2 Å². The summed E-state index contributed by atoms with van der Waals surface area (Å²) in [6, 6.07) is 6.78. The van der Waals surface area contributed by atoms with Crippen molar-refractivity contribution in [2.45, 2.75) is 13.8 Å². The van der Waals surface area contributed by atoms with E-state index in [1.807, 2.05) is 24.5 Å². The van der Waals surface area contributed by atoms with Crippen molar-refractivity contribution >= 4 is 17.0 Å². The third-order valence-electron chi connectivity index (χ3n) is 5.02. The minimum atomic E-state index is -0.183. The second-order valence-corrected chi connectivity index (χ2v) is 6.37. The van der Waals surface area contributed by atoms with Gasteiger partial charge in [-0.3, -0.25) is 0 Å². The number of hydrogen-bond donors (Lipinski definition) is 0. The van der Waals surface area contributed by atoms with Crippen molar-refractivity contribution in [3.05, 3.63) is 59.8 Å². The first-order chi connectivity index (χ1) is 11.6. The predicted molar refractivity (Wildman–Crippen MR) is 95.5 cm³/mol. The van der Waals surface area contributed by atoms with Crippen LogP contribution in [0.3, 0.4) is 0 Å². The second-order valence-electron chi connectivity index (χ2n) is 6.37. The van der Waals surface area contributed by atoms with Gasteiger partial charge in [-0.2, -0.15) is 0 Å². The number of aromatic nitrogens is 2. The summed E-state index contributed by atoms with van der Waals surface area (Å²) in [5, 5.41) is 0. The lowest BCUT2D eigenvalue weighted by Gasteiger charge is -2.38. The lowest BCUT2D eigenvalue weighted by atomic mass is 10.1. The third kappa shape index (κ3) is 2.50. The van der Waals surface area contributed by atoms with Crippen molar-refractivity contribution in [2.24, 2.45) is 0 Å². The third-order valence-corrected chi connectivity index (χ3v) is 5.02. The van der Waals surface area contributed by atoms with Crippen LogP contribution in [-0.2, 0) is 0 Å². The second kappa shape index (κ2) is 5.82. The molecule has 0 radical (unpaired) electrons. The zero-order valence-corrected chi connectivity index (χ0v) is 14.0. The van der Waals surface area contributed by atoms with Crippen LogP contribution in [0, 0.1) is 19.7 Å². The van der Waals surface area contributed by atoms with E-state index >= 15 is 0 Å². The summed E-state index contributed by atoms with van der Waals surface area (Å²) in [6.07, 6.45) is 6.02. The van der Waals surface area contributed by atoms with Gasteiger partial charge in [0.1, 0.15) is 11.5 Å². The number of fused-ring (bicyclic) bond motifs is 1. The van der Waals surface area contributed by atoms with E-state index in [1.54, 1.807) is 0 Å². The molecule has 4 nitrogen and oxygen atoms in total. The van der Waals surface area contributed by atoms with Crippen LogP contribution < -0.4 is 9.80 Å². The average Bonchev–Trinajstić information content (AvgIpc) is 3.08. The fourth-order valence-electron chi connectivity index (χ4n) is 3.47. The van der Waals surface area contributed by atoms with E-state index in [0.717, 1.165) is 37.5 Å². The van der Waals surface area contributed by atoms with E-state index in [-0.39, 0.29) is 5.82 Å². The zero-order valence-electron chi connectivity index (χ0n) is 14.0. The van der Waals surface area contributed by atoms with Gasteiger partial charge in [0.05, 0.1) is 5.69 Å². The molecular weight excluding hydrogens is 303 g/mol. The van der Waals surface area contributed by atoms with Gasteiger partial charge in [0.25, 0.3) is 0 Å². The van der Waals surface area contributed by atoms with Crippen molar-refractivity contribution < 1.29 is 4.39 Å². The number of benzene rings is 1. The molecule has 124 valence electrons. The quantitative estimate of drug-likeness (QED) is 0.722. The first-order valence-electron chi connectivity index (χ1n) is 8.32. The van der Waals surface area contributed by atoms with Gasteiger partial charge in [-0.1, -0.05) is 0 Å². The molecule has 0 spiro atoms. The number of piperazine rings is 1. The molecule has 1 fully saturated rings. The topological polar surface area (TPSA) is 23.8 Å². The smallest absolute Gasteiger partial charge is 0.139 e. The molecule has 1 aromatic carbocycles. The highest BCUT2D eigenvalue weighted by Gasteiger charge is 2.20. The fraction of sp³-hybridized carbons (Fsp3) is 0.316. The van der Waals surface area contributed by atoms with Gasteiger partial charge in [0, 0.05) is 50.5 Å². The highest BCUT2D eigenvalue weighted by atomic mass is 19.1. The Balaban J connectivity index is 1.55. The number of aryl methyl sites for hydroxylation is 1. The molecule has 0 N–H and O–H groups in total.